The van der Waals surface area contributed by atoms with Crippen LogP contribution < -0.4 is 10.2 Å². The van der Waals surface area contributed by atoms with Crippen molar-refractivity contribution in [3.8, 4) is 0 Å². The van der Waals surface area contributed by atoms with Gasteiger partial charge in [0.15, 0.2) is 0 Å². The van der Waals surface area contributed by atoms with Crippen LogP contribution in [0.5, 0.6) is 0 Å². The zero-order valence-electron chi connectivity index (χ0n) is 28.0. The molecule has 2 fully saturated rings. The molecule has 1 spiro atoms. The molecule has 4 heterocycles. The highest BCUT2D eigenvalue weighted by Gasteiger charge is 2.73. The molecule has 5 bridgehead atoms. The number of likely N-dealkylation sites (tertiary alicyclic amines) is 1. The van der Waals surface area contributed by atoms with Crippen molar-refractivity contribution >= 4 is 40.2 Å². The number of carbonyl (C=O) groups excluding carboxylic acids is 4. The largest absolute Gasteiger partial charge is 0.463 e. The summed E-state index contributed by atoms with van der Waals surface area (Å²) in [5, 5.41) is 14.4. The monoisotopic (exact) mass is 677 g/mol. The number of esters is 1. The Labute approximate surface area is 291 Å². The number of amides is 3. The van der Waals surface area contributed by atoms with Crippen molar-refractivity contribution in [1.82, 2.24) is 10.2 Å². The third-order valence-electron chi connectivity index (χ3n) is 10.4. The summed E-state index contributed by atoms with van der Waals surface area (Å²) in [6, 6.07) is 21.4. The Hall–Kier alpha value is -4.80. The van der Waals surface area contributed by atoms with Crippen LogP contribution >= 0.6 is 0 Å². The lowest BCUT2D eigenvalue weighted by Gasteiger charge is -2.36. The van der Waals surface area contributed by atoms with E-state index in [1.165, 1.54) is 0 Å². The lowest BCUT2D eigenvalue weighted by molar-refractivity contribution is -0.145. The molecule has 2 N–H and O–H groups in total. The first-order valence-corrected chi connectivity index (χ1v) is 17.7. The first kappa shape index (κ1) is 33.7. The molecule has 6 atom stereocenters. The van der Waals surface area contributed by atoms with E-state index in [0.29, 0.717) is 31.5 Å². The predicted octanol–water partition coefficient (Wildman–Crippen LogP) is 4.63. The first-order valence-electron chi connectivity index (χ1n) is 17.7. The Morgan fingerprint density at radius 1 is 0.860 bits per heavy atom. The summed E-state index contributed by atoms with van der Waals surface area (Å²) < 4.78 is 12.3. The third kappa shape index (κ3) is 6.33. The topological polar surface area (TPSA) is 125 Å². The van der Waals surface area contributed by atoms with Gasteiger partial charge in [-0.2, -0.15) is 0 Å². The highest BCUT2D eigenvalue weighted by Crippen LogP contribution is 2.55. The number of benzene rings is 3. The molecular weight excluding hydrogens is 634 g/mol. The summed E-state index contributed by atoms with van der Waals surface area (Å²) in [5.74, 6) is -3.16. The number of ether oxygens (including phenoxy) is 2. The predicted molar refractivity (Wildman–Crippen MR) is 188 cm³/mol. The number of hydrogen-bond donors (Lipinski definition) is 2. The van der Waals surface area contributed by atoms with Gasteiger partial charge in [-0.25, -0.2) is 0 Å². The van der Waals surface area contributed by atoms with E-state index in [-0.39, 0.29) is 38.0 Å². The molecule has 10 nitrogen and oxygen atoms in total. The van der Waals surface area contributed by atoms with Gasteiger partial charge < -0.3 is 29.7 Å². The lowest BCUT2D eigenvalue weighted by atomic mass is 9.74. The van der Waals surface area contributed by atoms with E-state index >= 15 is 4.79 Å². The van der Waals surface area contributed by atoms with Crippen molar-refractivity contribution in [3.63, 3.8) is 0 Å². The fraction of sp³-hybridized carbons (Fsp3) is 0.400. The number of carbonyl (C=O) groups is 4. The minimum Gasteiger partial charge on any atom is -0.463 e. The zero-order chi connectivity index (χ0) is 34.7. The average molecular weight is 678 g/mol. The number of anilines is 1. The van der Waals surface area contributed by atoms with Gasteiger partial charge in [0.05, 0.1) is 24.0 Å². The fourth-order valence-electron chi connectivity index (χ4n) is 7.97. The molecule has 0 aromatic heterocycles. The maximum Gasteiger partial charge on any atom is 0.306 e. The van der Waals surface area contributed by atoms with Crippen molar-refractivity contribution in [1.29, 1.82) is 0 Å². The molecular formula is C40H43N3O7. The van der Waals surface area contributed by atoms with Crippen LogP contribution in [-0.2, 0) is 28.7 Å². The number of nitrogens with one attached hydrogen (secondary N) is 1. The summed E-state index contributed by atoms with van der Waals surface area (Å²) in [4.78, 5) is 60.1. The molecule has 0 saturated carbocycles. The maximum absolute atomic E-state index is 15.1. The molecule has 10 heteroatoms. The van der Waals surface area contributed by atoms with Gasteiger partial charge >= 0.3 is 5.97 Å². The third-order valence-corrected chi connectivity index (χ3v) is 10.4. The standard InChI is InChI=1S/C40H43N3O7/c44-24-12-2-1-10-23-43-36-39(48)42(30-19-18-27-13-8-9-16-29(27)25-30)22-11-4-7-17-33(45)49-26-31(28-14-5-3-6-15-28)41-37(46)34-32-20-21-40(36,50-32)35(34)38(43)47/h3-6,8-9,11,13-16,18-21,25,31-32,34-36,44H,1-2,7,10,12,17,22-24,26H2,(H,41,46)/b11-4-/t31-,32-,34+,35+,36-,40+/m1/s1. The van der Waals surface area contributed by atoms with Crippen LogP contribution in [0.3, 0.4) is 0 Å². The van der Waals surface area contributed by atoms with Gasteiger partial charge in [-0.05, 0) is 47.7 Å². The first-order chi connectivity index (χ1) is 24.4. The highest BCUT2D eigenvalue weighted by molar-refractivity contribution is 6.06. The Morgan fingerprint density at radius 3 is 2.46 bits per heavy atom. The van der Waals surface area contributed by atoms with E-state index in [4.69, 9.17) is 9.47 Å². The molecule has 0 radical (unpaired) electrons. The lowest BCUT2D eigenvalue weighted by Crippen LogP contribution is -2.56. The van der Waals surface area contributed by atoms with Gasteiger partial charge in [0.25, 0.3) is 5.91 Å². The quantitative estimate of drug-likeness (QED) is 0.203. The number of nitrogens with zero attached hydrogens (tertiary/aromatic N) is 2. The number of cyclic esters (lactones) is 1. The van der Waals surface area contributed by atoms with Gasteiger partial charge in [0, 0.05) is 31.8 Å². The number of fused-ring (bicyclic) bond motifs is 3. The van der Waals surface area contributed by atoms with E-state index in [1.54, 1.807) is 9.80 Å². The normalized spacial score (nSPS) is 28.9. The fourth-order valence-corrected chi connectivity index (χ4v) is 7.97. The minimum atomic E-state index is -1.33. The van der Waals surface area contributed by atoms with Crippen LogP contribution in [0.4, 0.5) is 5.69 Å². The van der Waals surface area contributed by atoms with Crippen LogP contribution in [0.15, 0.2) is 97.1 Å². The van der Waals surface area contributed by atoms with Crippen LogP contribution in [0, 0.1) is 11.8 Å². The van der Waals surface area contributed by atoms with Crippen molar-refractivity contribution in [2.24, 2.45) is 11.8 Å². The number of hydrogen-bond acceptors (Lipinski definition) is 7. The van der Waals surface area contributed by atoms with Gasteiger partial charge in [0.2, 0.25) is 11.8 Å². The summed E-state index contributed by atoms with van der Waals surface area (Å²) in [6.07, 6.45) is 10.1. The van der Waals surface area contributed by atoms with Crippen LogP contribution in [-0.4, -0.2) is 77.7 Å². The van der Waals surface area contributed by atoms with Crippen LogP contribution in [0.25, 0.3) is 10.8 Å². The number of aliphatic hydroxyl groups excluding tert-OH is 1. The van der Waals surface area contributed by atoms with Gasteiger partial charge in [0.1, 0.15) is 18.2 Å². The van der Waals surface area contributed by atoms with Gasteiger partial charge in [-0.15, -0.1) is 0 Å². The highest BCUT2D eigenvalue weighted by atomic mass is 16.5. The Balaban J connectivity index is 1.29. The summed E-state index contributed by atoms with van der Waals surface area (Å²) >= 11 is 0. The number of aliphatic hydroxyl groups is 1. The SMILES string of the molecule is O=C1CC/C=C\CN(c2ccc3ccccc3c2)C(=O)[C@H]2N(CCCCCCO)C(=O)[C@@H]3[C@@H](C(=O)N[C@@H](c4ccccc4)CO1)[C@H]1C=C[C@]32O1. The van der Waals surface area contributed by atoms with Gasteiger partial charge in [-0.1, -0.05) is 97.8 Å². The van der Waals surface area contributed by atoms with Crippen LogP contribution in [0.2, 0.25) is 0 Å². The van der Waals surface area contributed by atoms with Crippen LogP contribution in [0.1, 0.15) is 50.1 Å². The molecule has 260 valence electrons. The maximum atomic E-state index is 15.1. The minimum absolute atomic E-state index is 0.0625. The number of allylic oxidation sites excluding steroid dienone is 1. The number of unbranched alkanes of at least 4 members (excludes halogenated alkanes) is 3. The zero-order valence-corrected chi connectivity index (χ0v) is 28.0. The molecule has 3 amide bonds. The second kappa shape index (κ2) is 14.6. The van der Waals surface area contributed by atoms with E-state index in [2.05, 4.69) is 5.32 Å². The summed E-state index contributed by atoms with van der Waals surface area (Å²) in [5.41, 5.74) is 0.109. The molecule has 0 aliphatic carbocycles. The number of rotatable bonds is 8. The smallest absolute Gasteiger partial charge is 0.306 e. The molecule has 2 saturated heterocycles. The van der Waals surface area contributed by atoms with E-state index in [1.807, 2.05) is 97.1 Å². The Kier molecular flexibility index (Phi) is 9.83. The molecule has 3 aromatic rings. The molecule has 4 aliphatic rings. The van der Waals surface area contributed by atoms with Crippen molar-refractivity contribution in [2.75, 3.05) is 31.2 Å². The van der Waals surface area contributed by atoms with Crippen molar-refractivity contribution in [3.05, 3.63) is 103 Å². The average Bonchev–Trinajstić information content (AvgIpc) is 3.78. The molecule has 50 heavy (non-hydrogen) atoms. The Bertz CT molecular complexity index is 1810. The molecule has 4 aliphatic heterocycles. The molecule has 3 aromatic carbocycles. The summed E-state index contributed by atoms with van der Waals surface area (Å²) in [6.45, 7) is 0.560. The second-order valence-electron chi connectivity index (χ2n) is 13.5. The van der Waals surface area contributed by atoms with Crippen molar-refractivity contribution < 1.29 is 33.8 Å². The van der Waals surface area contributed by atoms with E-state index < -0.39 is 47.5 Å². The molecule has 0 unspecified atom stereocenters. The Morgan fingerprint density at radius 2 is 1.64 bits per heavy atom. The molecule has 7 rings (SSSR count). The van der Waals surface area contributed by atoms with Gasteiger partial charge in [-0.3, -0.25) is 19.2 Å². The van der Waals surface area contributed by atoms with E-state index in [9.17, 15) is 19.5 Å². The second-order valence-corrected chi connectivity index (χ2v) is 13.5. The van der Waals surface area contributed by atoms with E-state index in [0.717, 1.165) is 29.2 Å². The summed E-state index contributed by atoms with van der Waals surface area (Å²) in [7, 11) is 0. The van der Waals surface area contributed by atoms with Crippen molar-refractivity contribution in [2.45, 2.75) is 62.3 Å².